The van der Waals surface area contributed by atoms with E-state index in [1.165, 1.54) is 12.3 Å². The Kier molecular flexibility index (Phi) is 7.04. The number of rotatable bonds is 7. The van der Waals surface area contributed by atoms with Crippen LogP contribution in [0, 0.1) is 13.8 Å². The molecule has 3 aromatic carbocycles. The van der Waals surface area contributed by atoms with Crippen LogP contribution in [-0.4, -0.2) is 11.8 Å². The quantitative estimate of drug-likeness (QED) is 0.362. The second-order valence-corrected chi connectivity index (χ2v) is 8.07. The smallest absolute Gasteiger partial charge is 0.268 e. The Morgan fingerprint density at radius 3 is 2.21 bits per heavy atom. The van der Waals surface area contributed by atoms with Gasteiger partial charge in [-0.2, -0.15) is 0 Å². The van der Waals surface area contributed by atoms with E-state index >= 15 is 0 Å². The Hall–Kier alpha value is -4.38. The van der Waals surface area contributed by atoms with Crippen molar-refractivity contribution < 1.29 is 14.0 Å². The number of benzene rings is 3. The molecule has 0 aliphatic carbocycles. The molecular weight excluding hydrogens is 424 g/mol. The monoisotopic (exact) mass is 450 g/mol. The van der Waals surface area contributed by atoms with Crippen molar-refractivity contribution in [2.75, 3.05) is 0 Å². The molecule has 0 radical (unpaired) electrons. The van der Waals surface area contributed by atoms with Crippen LogP contribution in [0.1, 0.15) is 44.4 Å². The fourth-order valence-corrected chi connectivity index (χ4v) is 3.68. The first-order chi connectivity index (χ1) is 16.5. The number of furan rings is 1. The van der Waals surface area contributed by atoms with E-state index in [0.717, 1.165) is 22.3 Å². The first-order valence-corrected chi connectivity index (χ1v) is 11.1. The molecular formula is C29H26N2O3. The van der Waals surface area contributed by atoms with Gasteiger partial charge in [-0.1, -0.05) is 72.3 Å². The standard InChI is InChI=1S/C29H26N2O3/c1-20-14-16-23(17-15-20)28(32)30-26(19-24-12-8-18-34-24)29(33)31-27(22-10-4-3-5-11-22)25-13-7-6-9-21(25)2/h3-19,27H,1-2H3,(H,30,32)(H,31,33)/b26-19-. The molecule has 2 N–H and O–H groups in total. The van der Waals surface area contributed by atoms with Crippen LogP contribution in [0.2, 0.25) is 0 Å². The van der Waals surface area contributed by atoms with Gasteiger partial charge < -0.3 is 15.1 Å². The number of nitrogens with one attached hydrogen (secondary N) is 2. The first kappa shape index (κ1) is 22.8. The lowest BCUT2D eigenvalue weighted by molar-refractivity contribution is -0.118. The Bertz CT molecular complexity index is 1290. The van der Waals surface area contributed by atoms with E-state index in [-0.39, 0.29) is 11.6 Å². The zero-order valence-corrected chi connectivity index (χ0v) is 19.1. The van der Waals surface area contributed by atoms with Crippen LogP contribution in [0.4, 0.5) is 0 Å². The second-order valence-electron chi connectivity index (χ2n) is 8.07. The fraction of sp³-hybridized carbons (Fsp3) is 0.103. The Balaban J connectivity index is 1.66. The second kappa shape index (κ2) is 10.5. The summed E-state index contributed by atoms with van der Waals surface area (Å²) in [7, 11) is 0. The molecule has 0 saturated carbocycles. The highest BCUT2D eigenvalue weighted by atomic mass is 16.3. The van der Waals surface area contributed by atoms with Gasteiger partial charge in [0.15, 0.2) is 0 Å². The summed E-state index contributed by atoms with van der Waals surface area (Å²) in [6.07, 6.45) is 3.05. The molecule has 1 aromatic heterocycles. The number of hydrogen-bond donors (Lipinski definition) is 2. The van der Waals surface area contributed by atoms with E-state index < -0.39 is 11.9 Å². The van der Waals surface area contributed by atoms with Crippen molar-refractivity contribution >= 4 is 17.9 Å². The summed E-state index contributed by atoms with van der Waals surface area (Å²) in [6, 6.07) is 27.9. The van der Waals surface area contributed by atoms with Crippen LogP contribution in [0.5, 0.6) is 0 Å². The maximum Gasteiger partial charge on any atom is 0.268 e. The SMILES string of the molecule is Cc1ccc(C(=O)N/C(=C\c2ccco2)C(=O)NC(c2ccccc2)c2ccccc2C)cc1. The summed E-state index contributed by atoms with van der Waals surface area (Å²) >= 11 is 0. The van der Waals surface area contributed by atoms with Crippen molar-refractivity contribution in [2.45, 2.75) is 19.9 Å². The highest BCUT2D eigenvalue weighted by molar-refractivity contribution is 6.05. The van der Waals surface area contributed by atoms with Gasteiger partial charge in [-0.05, 0) is 54.8 Å². The molecule has 34 heavy (non-hydrogen) atoms. The molecule has 0 aliphatic heterocycles. The van der Waals surface area contributed by atoms with Crippen LogP contribution in [-0.2, 0) is 4.79 Å². The average Bonchev–Trinajstić information content (AvgIpc) is 3.37. The lowest BCUT2D eigenvalue weighted by Crippen LogP contribution is -2.37. The van der Waals surface area contributed by atoms with Gasteiger partial charge in [0, 0.05) is 11.6 Å². The maximum absolute atomic E-state index is 13.5. The van der Waals surface area contributed by atoms with Crippen molar-refractivity contribution in [1.82, 2.24) is 10.6 Å². The zero-order chi connectivity index (χ0) is 23.9. The fourth-order valence-electron chi connectivity index (χ4n) is 3.68. The van der Waals surface area contributed by atoms with Crippen LogP contribution < -0.4 is 10.6 Å². The van der Waals surface area contributed by atoms with Gasteiger partial charge in [0.2, 0.25) is 0 Å². The van der Waals surface area contributed by atoms with E-state index in [4.69, 9.17) is 4.42 Å². The summed E-state index contributed by atoms with van der Waals surface area (Å²) in [4.78, 5) is 26.4. The van der Waals surface area contributed by atoms with Gasteiger partial charge in [0.25, 0.3) is 11.8 Å². The number of hydrogen-bond acceptors (Lipinski definition) is 3. The van der Waals surface area contributed by atoms with Crippen molar-refractivity contribution in [3.63, 3.8) is 0 Å². The molecule has 5 heteroatoms. The molecule has 0 spiro atoms. The predicted octanol–water partition coefficient (Wildman–Crippen LogP) is 5.57. The zero-order valence-electron chi connectivity index (χ0n) is 19.1. The van der Waals surface area contributed by atoms with Gasteiger partial charge >= 0.3 is 0 Å². The number of carbonyl (C=O) groups excluding carboxylic acids is 2. The molecule has 5 nitrogen and oxygen atoms in total. The molecule has 4 rings (SSSR count). The highest BCUT2D eigenvalue weighted by Gasteiger charge is 2.22. The first-order valence-electron chi connectivity index (χ1n) is 11.1. The molecule has 0 fully saturated rings. The van der Waals surface area contributed by atoms with Gasteiger partial charge in [-0.3, -0.25) is 9.59 Å². The van der Waals surface area contributed by atoms with Gasteiger partial charge in [0.1, 0.15) is 11.5 Å². The van der Waals surface area contributed by atoms with Crippen molar-refractivity contribution in [3.8, 4) is 0 Å². The Morgan fingerprint density at radius 2 is 1.53 bits per heavy atom. The number of carbonyl (C=O) groups is 2. The van der Waals surface area contributed by atoms with Crippen LogP contribution >= 0.6 is 0 Å². The third kappa shape index (κ3) is 5.51. The molecule has 1 unspecified atom stereocenters. The van der Waals surface area contributed by atoms with E-state index in [9.17, 15) is 9.59 Å². The highest BCUT2D eigenvalue weighted by Crippen LogP contribution is 2.25. The van der Waals surface area contributed by atoms with Crippen molar-refractivity contribution in [2.24, 2.45) is 0 Å². The minimum atomic E-state index is -0.422. The Morgan fingerprint density at radius 1 is 0.824 bits per heavy atom. The molecule has 2 amide bonds. The largest absolute Gasteiger partial charge is 0.465 e. The van der Waals surface area contributed by atoms with E-state index in [1.807, 2.05) is 80.6 Å². The molecule has 0 bridgehead atoms. The maximum atomic E-state index is 13.5. The molecule has 0 aliphatic rings. The Labute approximate surface area is 199 Å². The molecule has 0 saturated heterocycles. The summed E-state index contributed by atoms with van der Waals surface area (Å²) in [6.45, 7) is 3.96. The summed E-state index contributed by atoms with van der Waals surface area (Å²) in [5, 5.41) is 5.87. The topological polar surface area (TPSA) is 71.3 Å². The summed E-state index contributed by atoms with van der Waals surface area (Å²) in [5.74, 6) is -0.337. The molecule has 170 valence electrons. The van der Waals surface area contributed by atoms with E-state index in [0.29, 0.717) is 11.3 Å². The third-order valence-electron chi connectivity index (χ3n) is 5.54. The van der Waals surface area contributed by atoms with E-state index in [2.05, 4.69) is 10.6 Å². The van der Waals surface area contributed by atoms with Gasteiger partial charge in [-0.25, -0.2) is 0 Å². The summed E-state index contributed by atoms with van der Waals surface area (Å²) in [5.41, 5.74) is 4.57. The summed E-state index contributed by atoms with van der Waals surface area (Å²) < 4.78 is 5.40. The number of amides is 2. The van der Waals surface area contributed by atoms with Crippen LogP contribution in [0.25, 0.3) is 6.08 Å². The molecule has 4 aromatic rings. The normalized spacial score (nSPS) is 12.1. The van der Waals surface area contributed by atoms with Crippen LogP contribution in [0.15, 0.2) is 107 Å². The minimum absolute atomic E-state index is 0.0926. The minimum Gasteiger partial charge on any atom is -0.465 e. The lowest BCUT2D eigenvalue weighted by atomic mass is 9.95. The van der Waals surface area contributed by atoms with Crippen molar-refractivity contribution in [3.05, 3.63) is 137 Å². The lowest BCUT2D eigenvalue weighted by Gasteiger charge is -2.22. The van der Waals surface area contributed by atoms with Gasteiger partial charge in [0.05, 0.1) is 12.3 Å². The number of aryl methyl sites for hydroxylation is 2. The van der Waals surface area contributed by atoms with E-state index in [1.54, 1.807) is 24.3 Å². The van der Waals surface area contributed by atoms with Gasteiger partial charge in [-0.15, -0.1) is 0 Å². The predicted molar refractivity (Wildman–Crippen MR) is 133 cm³/mol. The van der Waals surface area contributed by atoms with Crippen molar-refractivity contribution in [1.29, 1.82) is 0 Å². The van der Waals surface area contributed by atoms with Crippen LogP contribution in [0.3, 0.4) is 0 Å². The molecule has 1 atom stereocenters. The molecule has 1 heterocycles. The average molecular weight is 451 g/mol. The third-order valence-corrected chi connectivity index (χ3v) is 5.54.